The lowest BCUT2D eigenvalue weighted by Crippen LogP contribution is -2.50. The lowest BCUT2D eigenvalue weighted by atomic mass is 10.2. The third-order valence-electron chi connectivity index (χ3n) is 5.00. The van der Waals surface area contributed by atoms with Crippen molar-refractivity contribution in [2.75, 3.05) is 36.9 Å². The molecule has 4 rings (SSSR count). The number of pyridine rings is 1. The first kappa shape index (κ1) is 22.8. The van der Waals surface area contributed by atoms with Crippen molar-refractivity contribution in [2.45, 2.75) is 26.1 Å². The number of morpholine rings is 1. The molecule has 4 heterocycles. The molecule has 10 nitrogen and oxygen atoms in total. The molecule has 32 heavy (non-hydrogen) atoms. The van der Waals surface area contributed by atoms with Gasteiger partial charge in [0.25, 0.3) is 5.91 Å². The second-order valence-corrected chi connectivity index (χ2v) is 10.1. The van der Waals surface area contributed by atoms with Gasteiger partial charge in [0.05, 0.1) is 70.4 Å². The number of aliphatic hydroxyl groups excluding tert-OH is 1. The third kappa shape index (κ3) is 5.15. The number of halogens is 1. The Kier molecular flexibility index (Phi) is 6.86. The number of aliphatic hydroxyl groups is 1. The van der Waals surface area contributed by atoms with Crippen LogP contribution < -0.4 is 10.6 Å². The standard InChI is InChI=1S/C20H23BrN6O4S/c1-11-6-26(7-14(10-28)31-11)9-18(29)24-13-3-16(12(2)22-4-13)25-19(30)15-5-23-27-8-17(21)32-20(15)27/h3-5,8,11,14,28H,6-7,9-10H2,1-2H3,(H,24,29)(H,25,30). The molecule has 3 N–H and O–H groups in total. The molecule has 1 aliphatic heterocycles. The van der Waals surface area contributed by atoms with Gasteiger partial charge in [-0.2, -0.15) is 5.10 Å². The molecule has 3 aromatic rings. The van der Waals surface area contributed by atoms with Crippen molar-refractivity contribution in [1.82, 2.24) is 19.5 Å². The molecule has 3 aromatic heterocycles. The normalized spacial score (nSPS) is 19.2. The molecular weight excluding hydrogens is 500 g/mol. The van der Waals surface area contributed by atoms with E-state index in [1.807, 2.05) is 11.8 Å². The van der Waals surface area contributed by atoms with Crippen LogP contribution >= 0.6 is 27.3 Å². The number of nitrogens with one attached hydrogen (secondary N) is 2. The fourth-order valence-electron chi connectivity index (χ4n) is 3.61. The smallest absolute Gasteiger partial charge is 0.260 e. The van der Waals surface area contributed by atoms with E-state index in [1.54, 1.807) is 29.9 Å². The van der Waals surface area contributed by atoms with Gasteiger partial charge in [-0.05, 0) is 35.8 Å². The Morgan fingerprint density at radius 2 is 2.16 bits per heavy atom. The summed E-state index contributed by atoms with van der Waals surface area (Å²) in [6.45, 7) is 4.87. The van der Waals surface area contributed by atoms with Crippen LogP contribution in [0.3, 0.4) is 0 Å². The van der Waals surface area contributed by atoms with Gasteiger partial charge in [0, 0.05) is 13.1 Å². The van der Waals surface area contributed by atoms with Crippen molar-refractivity contribution < 1.29 is 19.4 Å². The number of thiazole rings is 1. The van der Waals surface area contributed by atoms with Crippen LogP contribution in [0.25, 0.3) is 4.83 Å². The zero-order valence-electron chi connectivity index (χ0n) is 17.5. The number of carbonyl (C=O) groups is 2. The maximum absolute atomic E-state index is 12.8. The summed E-state index contributed by atoms with van der Waals surface area (Å²) in [5, 5.41) is 19.2. The van der Waals surface area contributed by atoms with Crippen molar-refractivity contribution in [1.29, 1.82) is 0 Å². The fourth-order valence-corrected chi connectivity index (χ4v) is 5.05. The molecule has 1 aliphatic rings. The van der Waals surface area contributed by atoms with Crippen molar-refractivity contribution in [2.24, 2.45) is 0 Å². The molecule has 0 saturated carbocycles. The predicted octanol–water partition coefficient (Wildman–Crippen LogP) is 2.13. The van der Waals surface area contributed by atoms with Gasteiger partial charge in [0.2, 0.25) is 5.91 Å². The maximum atomic E-state index is 12.8. The molecule has 0 radical (unpaired) electrons. The van der Waals surface area contributed by atoms with Gasteiger partial charge in [0.15, 0.2) is 0 Å². The predicted molar refractivity (Wildman–Crippen MR) is 124 cm³/mol. The molecule has 0 aliphatic carbocycles. The lowest BCUT2D eigenvalue weighted by molar-refractivity contribution is -0.124. The van der Waals surface area contributed by atoms with E-state index in [0.29, 0.717) is 35.7 Å². The fraction of sp³-hybridized carbons (Fsp3) is 0.400. The Hall–Kier alpha value is -2.38. The average Bonchev–Trinajstić information content (AvgIpc) is 3.28. The number of nitrogens with zero attached hydrogens (tertiary/aromatic N) is 4. The topological polar surface area (TPSA) is 121 Å². The molecule has 2 unspecified atom stereocenters. The second-order valence-electron chi connectivity index (χ2n) is 7.65. The summed E-state index contributed by atoms with van der Waals surface area (Å²) in [6.07, 6.45) is 4.50. The first-order chi connectivity index (χ1) is 15.3. The van der Waals surface area contributed by atoms with Crippen LogP contribution in [0, 0.1) is 6.92 Å². The van der Waals surface area contributed by atoms with Crippen molar-refractivity contribution in [3.05, 3.63) is 39.7 Å². The Morgan fingerprint density at radius 1 is 1.34 bits per heavy atom. The molecule has 0 spiro atoms. The molecular formula is C20H23BrN6O4S. The largest absolute Gasteiger partial charge is 0.394 e. The molecule has 1 fully saturated rings. The first-order valence-electron chi connectivity index (χ1n) is 10.0. The van der Waals surface area contributed by atoms with Crippen LogP contribution in [0.2, 0.25) is 0 Å². The molecule has 170 valence electrons. The van der Waals surface area contributed by atoms with Crippen LogP contribution in [0.1, 0.15) is 23.0 Å². The first-order valence-corrected chi connectivity index (χ1v) is 11.6. The van der Waals surface area contributed by atoms with Crippen LogP contribution in [-0.2, 0) is 9.53 Å². The summed E-state index contributed by atoms with van der Waals surface area (Å²) in [4.78, 5) is 32.3. The van der Waals surface area contributed by atoms with Crippen molar-refractivity contribution in [3.63, 3.8) is 0 Å². The summed E-state index contributed by atoms with van der Waals surface area (Å²) >= 11 is 4.81. The Labute approximate surface area is 196 Å². The van der Waals surface area contributed by atoms with Gasteiger partial charge < -0.3 is 20.5 Å². The number of ether oxygens (including phenoxy) is 1. The number of anilines is 2. The molecule has 12 heteroatoms. The zero-order valence-corrected chi connectivity index (χ0v) is 19.9. The van der Waals surface area contributed by atoms with Crippen LogP contribution in [0.4, 0.5) is 11.4 Å². The molecule has 2 amide bonds. The molecule has 2 atom stereocenters. The summed E-state index contributed by atoms with van der Waals surface area (Å²) in [7, 11) is 0. The summed E-state index contributed by atoms with van der Waals surface area (Å²) in [5.74, 6) is -0.513. The monoisotopic (exact) mass is 522 g/mol. The minimum absolute atomic E-state index is 0.0594. The van der Waals surface area contributed by atoms with Gasteiger partial charge in [-0.15, -0.1) is 11.3 Å². The van der Waals surface area contributed by atoms with Crippen LogP contribution in [-0.4, -0.2) is 74.9 Å². The number of aryl methyl sites for hydroxylation is 1. The zero-order chi connectivity index (χ0) is 22.8. The van der Waals surface area contributed by atoms with Gasteiger partial charge in [-0.1, -0.05) is 0 Å². The SMILES string of the molecule is Cc1ncc(NC(=O)CN2CC(C)OC(CO)C2)cc1NC(=O)c1cnn2cc(Br)sc12. The lowest BCUT2D eigenvalue weighted by Gasteiger charge is -2.35. The Morgan fingerprint density at radius 3 is 2.94 bits per heavy atom. The molecule has 0 aromatic carbocycles. The summed E-state index contributed by atoms with van der Waals surface area (Å²) in [6, 6.07) is 1.68. The van der Waals surface area contributed by atoms with E-state index < -0.39 is 0 Å². The minimum atomic E-state index is -0.305. The van der Waals surface area contributed by atoms with E-state index in [0.717, 1.165) is 8.62 Å². The third-order valence-corrected chi connectivity index (χ3v) is 6.60. The van der Waals surface area contributed by atoms with E-state index in [2.05, 4.69) is 36.6 Å². The maximum Gasteiger partial charge on any atom is 0.260 e. The summed E-state index contributed by atoms with van der Waals surface area (Å²) in [5.41, 5.74) is 2.06. The van der Waals surface area contributed by atoms with E-state index in [1.165, 1.54) is 17.5 Å². The van der Waals surface area contributed by atoms with E-state index in [4.69, 9.17) is 4.74 Å². The Balaban J connectivity index is 1.42. The highest BCUT2D eigenvalue weighted by molar-refractivity contribution is 9.11. The number of fused-ring (bicyclic) bond motifs is 1. The van der Waals surface area contributed by atoms with E-state index in [-0.39, 0.29) is 37.2 Å². The molecule has 0 bridgehead atoms. The summed E-state index contributed by atoms with van der Waals surface area (Å²) < 4.78 is 8.12. The van der Waals surface area contributed by atoms with E-state index >= 15 is 0 Å². The number of hydrogen-bond donors (Lipinski definition) is 3. The Bertz CT molecular complexity index is 1150. The number of rotatable bonds is 6. The van der Waals surface area contributed by atoms with Gasteiger partial charge in [0.1, 0.15) is 4.83 Å². The number of aromatic nitrogens is 3. The minimum Gasteiger partial charge on any atom is -0.394 e. The van der Waals surface area contributed by atoms with E-state index in [9.17, 15) is 14.7 Å². The number of carbonyl (C=O) groups excluding carboxylic acids is 2. The molecule has 1 saturated heterocycles. The highest BCUT2D eigenvalue weighted by Crippen LogP contribution is 2.27. The number of hydrogen-bond acceptors (Lipinski definition) is 8. The van der Waals surface area contributed by atoms with Gasteiger partial charge in [-0.3, -0.25) is 19.5 Å². The highest BCUT2D eigenvalue weighted by atomic mass is 79.9. The van der Waals surface area contributed by atoms with Crippen molar-refractivity contribution in [3.8, 4) is 0 Å². The number of amides is 2. The van der Waals surface area contributed by atoms with Gasteiger partial charge >= 0.3 is 0 Å². The van der Waals surface area contributed by atoms with Crippen LogP contribution in [0.5, 0.6) is 0 Å². The van der Waals surface area contributed by atoms with Crippen LogP contribution in [0.15, 0.2) is 28.4 Å². The quantitative estimate of drug-likeness (QED) is 0.453. The van der Waals surface area contributed by atoms with Crippen molar-refractivity contribution >= 4 is 55.3 Å². The highest BCUT2D eigenvalue weighted by Gasteiger charge is 2.26. The second kappa shape index (κ2) is 9.63. The average molecular weight is 523 g/mol. The van der Waals surface area contributed by atoms with Gasteiger partial charge in [-0.25, -0.2) is 4.52 Å².